The van der Waals surface area contributed by atoms with E-state index in [1.807, 2.05) is 18.2 Å². The molecule has 3 rings (SSSR count). The minimum Gasteiger partial charge on any atom is -0.358 e. The number of halogens is 1. The number of amides is 1. The average molecular weight is 305 g/mol. The summed E-state index contributed by atoms with van der Waals surface area (Å²) in [7, 11) is 0. The second-order valence-electron chi connectivity index (χ2n) is 6.35. The Kier molecular flexibility index (Phi) is 3.94. The van der Waals surface area contributed by atoms with Crippen LogP contribution >= 0.6 is 11.6 Å². The summed E-state index contributed by atoms with van der Waals surface area (Å²) in [5.74, 6) is 0.750. The van der Waals surface area contributed by atoms with Crippen molar-refractivity contribution in [2.24, 2.45) is 11.8 Å². The van der Waals surface area contributed by atoms with Crippen LogP contribution in [0.3, 0.4) is 0 Å². The number of aryl methyl sites for hydroxylation is 1. The van der Waals surface area contributed by atoms with Crippen molar-refractivity contribution in [1.29, 1.82) is 0 Å². The summed E-state index contributed by atoms with van der Waals surface area (Å²) >= 11 is 6.11. The molecule has 0 radical (unpaired) electrons. The van der Waals surface area contributed by atoms with E-state index in [1.165, 1.54) is 16.6 Å². The lowest BCUT2D eigenvalue weighted by Gasteiger charge is -2.22. The summed E-state index contributed by atoms with van der Waals surface area (Å²) in [5, 5.41) is 4.97. The Balaban J connectivity index is 1.82. The SMILES string of the molecule is CC(C)CNC(=O)C1CCc2[nH]c3ccc(Cl)cc3c2C1. The summed E-state index contributed by atoms with van der Waals surface area (Å²) in [5.41, 5.74) is 3.65. The molecule has 0 aliphatic heterocycles. The first-order valence-electron chi connectivity index (χ1n) is 7.61. The van der Waals surface area contributed by atoms with Gasteiger partial charge in [-0.25, -0.2) is 0 Å². The molecular weight excluding hydrogens is 284 g/mol. The standard InChI is InChI=1S/C17H21ClN2O/c1-10(2)9-19-17(21)11-3-5-15-13(7-11)14-8-12(18)4-6-16(14)20-15/h4,6,8,10-11,20H,3,5,7,9H2,1-2H3,(H,19,21). The minimum atomic E-state index is 0.0780. The summed E-state index contributed by atoms with van der Waals surface area (Å²) in [4.78, 5) is 15.8. The monoisotopic (exact) mass is 304 g/mol. The van der Waals surface area contributed by atoms with Crippen molar-refractivity contribution in [3.05, 3.63) is 34.5 Å². The quantitative estimate of drug-likeness (QED) is 0.892. The zero-order valence-corrected chi connectivity index (χ0v) is 13.3. The van der Waals surface area contributed by atoms with E-state index in [-0.39, 0.29) is 11.8 Å². The second kappa shape index (κ2) is 5.72. The van der Waals surface area contributed by atoms with Gasteiger partial charge in [0.15, 0.2) is 0 Å². The Hall–Kier alpha value is -1.48. The molecule has 0 bridgehead atoms. The van der Waals surface area contributed by atoms with Crippen LogP contribution in [-0.2, 0) is 17.6 Å². The summed E-state index contributed by atoms with van der Waals surface area (Å²) in [6.07, 6.45) is 2.65. The third kappa shape index (κ3) is 2.93. The van der Waals surface area contributed by atoms with Gasteiger partial charge in [0.05, 0.1) is 0 Å². The van der Waals surface area contributed by atoms with E-state index in [1.54, 1.807) is 0 Å². The van der Waals surface area contributed by atoms with E-state index in [2.05, 4.69) is 24.1 Å². The Bertz CT molecular complexity index is 675. The van der Waals surface area contributed by atoms with Gasteiger partial charge in [-0.3, -0.25) is 4.79 Å². The zero-order valence-electron chi connectivity index (χ0n) is 12.5. The maximum Gasteiger partial charge on any atom is 0.223 e. The number of H-pyrrole nitrogens is 1. The van der Waals surface area contributed by atoms with Crippen LogP contribution in [0, 0.1) is 11.8 Å². The van der Waals surface area contributed by atoms with Gasteiger partial charge in [0, 0.05) is 34.1 Å². The van der Waals surface area contributed by atoms with Crippen LogP contribution < -0.4 is 5.32 Å². The molecule has 0 fully saturated rings. The molecule has 1 aromatic heterocycles. The predicted octanol–water partition coefficient (Wildman–Crippen LogP) is 3.70. The lowest BCUT2D eigenvalue weighted by atomic mass is 9.85. The first-order valence-corrected chi connectivity index (χ1v) is 7.99. The van der Waals surface area contributed by atoms with Crippen LogP contribution in [-0.4, -0.2) is 17.4 Å². The van der Waals surface area contributed by atoms with Gasteiger partial charge >= 0.3 is 0 Å². The number of benzene rings is 1. The molecular formula is C17H21ClN2O. The molecule has 1 aromatic carbocycles. The predicted molar refractivity (Wildman–Crippen MR) is 86.7 cm³/mol. The number of carbonyl (C=O) groups is 1. The van der Waals surface area contributed by atoms with Crippen molar-refractivity contribution in [2.45, 2.75) is 33.1 Å². The van der Waals surface area contributed by atoms with E-state index in [0.717, 1.165) is 36.3 Å². The van der Waals surface area contributed by atoms with Gasteiger partial charge in [0.2, 0.25) is 5.91 Å². The fraction of sp³-hybridized carbons (Fsp3) is 0.471. The van der Waals surface area contributed by atoms with E-state index >= 15 is 0 Å². The largest absolute Gasteiger partial charge is 0.358 e. The summed E-state index contributed by atoms with van der Waals surface area (Å²) in [6.45, 7) is 4.98. The molecule has 1 atom stereocenters. The minimum absolute atomic E-state index is 0.0780. The van der Waals surface area contributed by atoms with Crippen molar-refractivity contribution in [3.8, 4) is 0 Å². The smallest absolute Gasteiger partial charge is 0.223 e. The molecule has 1 heterocycles. The van der Waals surface area contributed by atoms with Crippen LogP contribution in [0.25, 0.3) is 10.9 Å². The van der Waals surface area contributed by atoms with E-state index < -0.39 is 0 Å². The third-order valence-electron chi connectivity index (χ3n) is 4.21. The van der Waals surface area contributed by atoms with Gasteiger partial charge in [-0.05, 0) is 48.9 Å². The Labute approximate surface area is 130 Å². The van der Waals surface area contributed by atoms with Crippen molar-refractivity contribution in [1.82, 2.24) is 10.3 Å². The van der Waals surface area contributed by atoms with Crippen LogP contribution in [0.2, 0.25) is 5.02 Å². The molecule has 0 saturated heterocycles. The van der Waals surface area contributed by atoms with Crippen molar-refractivity contribution in [2.75, 3.05) is 6.54 Å². The lowest BCUT2D eigenvalue weighted by molar-refractivity contribution is -0.125. The normalized spacial score (nSPS) is 18.0. The molecule has 1 amide bonds. The van der Waals surface area contributed by atoms with Crippen molar-refractivity contribution in [3.63, 3.8) is 0 Å². The number of hydrogen-bond donors (Lipinski definition) is 2. The molecule has 1 aliphatic carbocycles. The first kappa shape index (κ1) is 14.5. The van der Waals surface area contributed by atoms with Crippen LogP contribution in [0.4, 0.5) is 0 Å². The number of hydrogen-bond acceptors (Lipinski definition) is 1. The van der Waals surface area contributed by atoms with Gasteiger partial charge < -0.3 is 10.3 Å². The molecule has 112 valence electrons. The molecule has 0 spiro atoms. The highest BCUT2D eigenvalue weighted by Crippen LogP contribution is 2.33. The van der Waals surface area contributed by atoms with E-state index in [4.69, 9.17) is 11.6 Å². The number of fused-ring (bicyclic) bond motifs is 3. The number of nitrogens with one attached hydrogen (secondary N) is 2. The van der Waals surface area contributed by atoms with Gasteiger partial charge in [0.1, 0.15) is 0 Å². The average Bonchev–Trinajstić information content (AvgIpc) is 2.81. The van der Waals surface area contributed by atoms with Gasteiger partial charge in [0.25, 0.3) is 0 Å². The third-order valence-corrected chi connectivity index (χ3v) is 4.44. The second-order valence-corrected chi connectivity index (χ2v) is 6.79. The molecule has 21 heavy (non-hydrogen) atoms. The Morgan fingerprint density at radius 1 is 1.48 bits per heavy atom. The van der Waals surface area contributed by atoms with Gasteiger partial charge in [-0.15, -0.1) is 0 Å². The molecule has 2 N–H and O–H groups in total. The highest BCUT2D eigenvalue weighted by atomic mass is 35.5. The summed E-state index contributed by atoms with van der Waals surface area (Å²) in [6, 6.07) is 5.92. The summed E-state index contributed by atoms with van der Waals surface area (Å²) < 4.78 is 0. The fourth-order valence-corrected chi connectivity index (χ4v) is 3.23. The Morgan fingerprint density at radius 3 is 3.05 bits per heavy atom. The van der Waals surface area contributed by atoms with Crippen molar-refractivity contribution >= 4 is 28.4 Å². The topological polar surface area (TPSA) is 44.9 Å². The van der Waals surface area contributed by atoms with Crippen LogP contribution in [0.5, 0.6) is 0 Å². The molecule has 0 saturated carbocycles. The molecule has 2 aromatic rings. The number of carbonyl (C=O) groups excluding carboxylic acids is 1. The number of rotatable bonds is 3. The molecule has 4 heteroatoms. The number of aromatic amines is 1. The molecule has 1 aliphatic rings. The molecule has 1 unspecified atom stereocenters. The Morgan fingerprint density at radius 2 is 2.29 bits per heavy atom. The highest BCUT2D eigenvalue weighted by Gasteiger charge is 2.27. The van der Waals surface area contributed by atoms with E-state index in [9.17, 15) is 4.79 Å². The van der Waals surface area contributed by atoms with E-state index in [0.29, 0.717) is 5.92 Å². The maximum atomic E-state index is 12.3. The van der Waals surface area contributed by atoms with Gasteiger partial charge in [-0.1, -0.05) is 25.4 Å². The highest BCUT2D eigenvalue weighted by molar-refractivity contribution is 6.31. The number of aromatic nitrogens is 1. The van der Waals surface area contributed by atoms with Crippen molar-refractivity contribution < 1.29 is 4.79 Å². The lowest BCUT2D eigenvalue weighted by Crippen LogP contribution is -2.35. The zero-order chi connectivity index (χ0) is 15.0. The maximum absolute atomic E-state index is 12.3. The van der Waals surface area contributed by atoms with Crippen LogP contribution in [0.15, 0.2) is 18.2 Å². The van der Waals surface area contributed by atoms with Crippen LogP contribution in [0.1, 0.15) is 31.5 Å². The molecule has 3 nitrogen and oxygen atoms in total. The first-order chi connectivity index (χ1) is 10.0. The van der Waals surface area contributed by atoms with Gasteiger partial charge in [-0.2, -0.15) is 0 Å². The fourth-order valence-electron chi connectivity index (χ4n) is 3.06.